The molecule has 0 atom stereocenters. The largest absolute Gasteiger partial charge is 0.314 e. The van der Waals surface area contributed by atoms with E-state index >= 15 is 0 Å². The van der Waals surface area contributed by atoms with Crippen LogP contribution in [0.1, 0.15) is 5.56 Å². The van der Waals surface area contributed by atoms with Crippen molar-refractivity contribution < 1.29 is 14.0 Å². The van der Waals surface area contributed by atoms with Gasteiger partial charge in [0.15, 0.2) is 0 Å². The fourth-order valence-corrected chi connectivity index (χ4v) is 1.97. The van der Waals surface area contributed by atoms with Crippen LogP contribution in [-0.4, -0.2) is 29.5 Å². The van der Waals surface area contributed by atoms with Crippen molar-refractivity contribution in [1.82, 2.24) is 5.06 Å². The summed E-state index contributed by atoms with van der Waals surface area (Å²) in [5.74, 6) is -0.216. The number of alkyl halides is 2. The molecule has 1 N–H and O–H groups in total. The first-order valence-electron chi connectivity index (χ1n) is 4.48. The summed E-state index contributed by atoms with van der Waals surface area (Å²) in [4.78, 5) is 0.790. The predicted molar refractivity (Wildman–Crippen MR) is 56.4 cm³/mol. The molecule has 1 rings (SSSR count). The molecule has 2 nitrogen and oxygen atoms in total. The van der Waals surface area contributed by atoms with Crippen LogP contribution in [0.4, 0.5) is 8.78 Å². The van der Waals surface area contributed by atoms with Crippen molar-refractivity contribution in [3.8, 4) is 0 Å². The zero-order valence-electron chi connectivity index (χ0n) is 8.36. The predicted octanol–water partition coefficient (Wildman–Crippen LogP) is 2.86. The minimum absolute atomic E-state index is 0.216. The van der Waals surface area contributed by atoms with Crippen LogP contribution in [0, 0.1) is 0 Å². The van der Waals surface area contributed by atoms with E-state index in [1.807, 2.05) is 12.1 Å². The van der Waals surface area contributed by atoms with Crippen LogP contribution in [0.2, 0.25) is 0 Å². The van der Waals surface area contributed by atoms with Crippen LogP contribution < -0.4 is 0 Å². The van der Waals surface area contributed by atoms with Gasteiger partial charge >= 0.3 is 0 Å². The quantitative estimate of drug-likeness (QED) is 0.625. The van der Waals surface area contributed by atoms with Gasteiger partial charge in [-0.15, -0.1) is 11.8 Å². The van der Waals surface area contributed by atoms with Gasteiger partial charge in [-0.2, -0.15) is 5.06 Å². The molecule has 0 unspecified atom stereocenters. The third kappa shape index (κ3) is 4.59. The van der Waals surface area contributed by atoms with Crippen molar-refractivity contribution in [2.24, 2.45) is 0 Å². The molecule has 0 heterocycles. The summed E-state index contributed by atoms with van der Waals surface area (Å²) in [5, 5.41) is 10.1. The smallest absolute Gasteiger partial charge is 0.247 e. The first-order valence-corrected chi connectivity index (χ1v) is 5.47. The normalized spacial score (nSPS) is 11.3. The molecule has 5 heteroatoms. The second-order valence-corrected chi connectivity index (χ2v) is 4.19. The first-order chi connectivity index (χ1) is 7.09. The molecule has 84 valence electrons. The fourth-order valence-electron chi connectivity index (χ4n) is 1.17. The van der Waals surface area contributed by atoms with Crippen molar-refractivity contribution in [3.63, 3.8) is 0 Å². The molecule has 0 aliphatic rings. The topological polar surface area (TPSA) is 23.5 Å². The summed E-state index contributed by atoms with van der Waals surface area (Å²) in [6.45, 7) is 0.340. The van der Waals surface area contributed by atoms with Gasteiger partial charge in [0.2, 0.25) is 6.43 Å². The molecular formula is C10H13F2NOS. The minimum atomic E-state index is -2.31. The molecular weight excluding hydrogens is 220 g/mol. The van der Waals surface area contributed by atoms with E-state index in [2.05, 4.69) is 0 Å². The summed E-state index contributed by atoms with van der Waals surface area (Å²) in [6.07, 6.45) is -2.31. The molecule has 1 aromatic carbocycles. The number of thioether (sulfide) groups is 1. The molecule has 0 bridgehead atoms. The fraction of sp³-hybridized carbons (Fsp3) is 0.400. The molecule has 0 spiro atoms. The maximum atomic E-state index is 12.0. The summed E-state index contributed by atoms with van der Waals surface area (Å²) in [5.41, 5.74) is 0.855. The Labute approximate surface area is 91.9 Å². The summed E-state index contributed by atoms with van der Waals surface area (Å²) >= 11 is 1.11. The number of nitrogens with zero attached hydrogens (tertiary/aromatic N) is 1. The molecule has 1 aromatic rings. The average molecular weight is 233 g/mol. The van der Waals surface area contributed by atoms with Crippen LogP contribution >= 0.6 is 11.8 Å². The average Bonchev–Trinajstić information content (AvgIpc) is 2.15. The van der Waals surface area contributed by atoms with Gasteiger partial charge in [-0.1, -0.05) is 18.2 Å². The van der Waals surface area contributed by atoms with Gasteiger partial charge in [-0.25, -0.2) is 8.78 Å². The number of benzene rings is 1. The Morgan fingerprint density at radius 3 is 2.67 bits per heavy atom. The van der Waals surface area contributed by atoms with Gasteiger partial charge in [0.25, 0.3) is 0 Å². The highest BCUT2D eigenvalue weighted by Crippen LogP contribution is 2.24. The van der Waals surface area contributed by atoms with Crippen LogP contribution in [0.5, 0.6) is 0 Å². The van der Waals surface area contributed by atoms with E-state index in [-0.39, 0.29) is 5.75 Å². The third-order valence-electron chi connectivity index (χ3n) is 1.74. The van der Waals surface area contributed by atoms with E-state index < -0.39 is 6.43 Å². The van der Waals surface area contributed by atoms with Gasteiger partial charge in [-0.05, 0) is 11.6 Å². The summed E-state index contributed by atoms with van der Waals surface area (Å²) < 4.78 is 24.1. The zero-order valence-corrected chi connectivity index (χ0v) is 9.18. The Balaban J connectivity index is 2.68. The first kappa shape index (κ1) is 12.4. The lowest BCUT2D eigenvalue weighted by atomic mass is 10.2. The lowest BCUT2D eigenvalue weighted by Gasteiger charge is -2.12. The Kier molecular flexibility index (Phi) is 5.01. The number of halogens is 2. The molecule has 15 heavy (non-hydrogen) atoms. The standard InChI is InChI=1S/C10H13F2NOS/c1-13(14)6-8-4-2-3-5-9(8)15-7-10(11)12/h2-5,10,14H,6-7H2,1H3. The molecule has 0 fully saturated rings. The molecule has 0 saturated heterocycles. The molecule has 0 aromatic heterocycles. The number of rotatable bonds is 5. The highest BCUT2D eigenvalue weighted by Gasteiger charge is 2.08. The zero-order chi connectivity index (χ0) is 11.3. The summed E-state index contributed by atoms with van der Waals surface area (Å²) in [6, 6.07) is 7.23. The Bertz CT molecular complexity index is 307. The Morgan fingerprint density at radius 2 is 2.07 bits per heavy atom. The maximum Gasteiger partial charge on any atom is 0.247 e. The molecule has 0 saturated carbocycles. The van der Waals surface area contributed by atoms with Gasteiger partial charge in [0, 0.05) is 18.5 Å². The molecule has 0 aliphatic carbocycles. The van der Waals surface area contributed by atoms with E-state index in [1.54, 1.807) is 12.1 Å². The lowest BCUT2D eigenvalue weighted by Crippen LogP contribution is -2.12. The number of hydrogen-bond donors (Lipinski definition) is 1. The Morgan fingerprint density at radius 1 is 1.40 bits per heavy atom. The summed E-state index contributed by atoms with van der Waals surface area (Å²) in [7, 11) is 1.52. The highest BCUT2D eigenvalue weighted by molar-refractivity contribution is 7.99. The monoisotopic (exact) mass is 233 g/mol. The maximum absolute atomic E-state index is 12.0. The second kappa shape index (κ2) is 6.05. The van der Waals surface area contributed by atoms with E-state index in [9.17, 15) is 8.78 Å². The van der Waals surface area contributed by atoms with Crippen LogP contribution in [-0.2, 0) is 6.54 Å². The van der Waals surface area contributed by atoms with E-state index in [0.717, 1.165) is 27.3 Å². The van der Waals surface area contributed by atoms with Crippen molar-refractivity contribution >= 4 is 11.8 Å². The second-order valence-electron chi connectivity index (χ2n) is 3.13. The molecule has 0 radical (unpaired) electrons. The van der Waals surface area contributed by atoms with E-state index in [4.69, 9.17) is 5.21 Å². The highest BCUT2D eigenvalue weighted by atomic mass is 32.2. The van der Waals surface area contributed by atoms with Crippen LogP contribution in [0.25, 0.3) is 0 Å². The number of hydrogen-bond acceptors (Lipinski definition) is 3. The third-order valence-corrected chi connectivity index (χ3v) is 2.86. The van der Waals surface area contributed by atoms with Crippen molar-refractivity contribution in [2.75, 3.05) is 12.8 Å². The van der Waals surface area contributed by atoms with Crippen molar-refractivity contribution in [3.05, 3.63) is 29.8 Å². The van der Waals surface area contributed by atoms with Crippen LogP contribution in [0.15, 0.2) is 29.2 Å². The molecule has 0 amide bonds. The van der Waals surface area contributed by atoms with Gasteiger partial charge < -0.3 is 5.21 Å². The number of hydroxylamine groups is 2. The minimum Gasteiger partial charge on any atom is -0.314 e. The van der Waals surface area contributed by atoms with Gasteiger partial charge in [0.1, 0.15) is 0 Å². The van der Waals surface area contributed by atoms with Crippen molar-refractivity contribution in [2.45, 2.75) is 17.9 Å². The lowest BCUT2D eigenvalue weighted by molar-refractivity contribution is -0.0737. The van der Waals surface area contributed by atoms with Crippen LogP contribution in [0.3, 0.4) is 0 Å². The van der Waals surface area contributed by atoms with Gasteiger partial charge in [0.05, 0.1) is 5.75 Å². The van der Waals surface area contributed by atoms with E-state index in [1.165, 1.54) is 7.05 Å². The Hall–Kier alpha value is -0.650. The van der Waals surface area contributed by atoms with Crippen molar-refractivity contribution in [1.29, 1.82) is 0 Å². The van der Waals surface area contributed by atoms with Gasteiger partial charge in [-0.3, -0.25) is 0 Å². The molecule has 0 aliphatic heterocycles. The van der Waals surface area contributed by atoms with E-state index in [0.29, 0.717) is 6.54 Å². The SMILES string of the molecule is CN(O)Cc1ccccc1SCC(F)F.